The van der Waals surface area contributed by atoms with Crippen molar-refractivity contribution in [1.29, 1.82) is 0 Å². The lowest BCUT2D eigenvalue weighted by Crippen LogP contribution is -2.14. The highest BCUT2D eigenvalue weighted by Crippen LogP contribution is 2.11. The van der Waals surface area contributed by atoms with Crippen LogP contribution in [0.5, 0.6) is 0 Å². The zero-order valence-corrected chi connectivity index (χ0v) is 9.17. The van der Waals surface area contributed by atoms with Gasteiger partial charge in [0.05, 0.1) is 5.69 Å². The number of aromatic carboxylic acids is 1. The number of aryl methyl sites for hydroxylation is 1. The number of carboxylic acids is 1. The largest absolute Gasteiger partial charge is 0.476 e. The maximum atomic E-state index is 11.6. The average Bonchev–Trinajstić information content (AvgIpc) is 2.96. The van der Waals surface area contributed by atoms with E-state index < -0.39 is 5.97 Å². The third-order valence-corrected chi connectivity index (χ3v) is 2.17. The fraction of sp³-hybridized carbons (Fsp3) is 0.222. The maximum Gasteiger partial charge on any atom is 0.358 e. The predicted octanol–water partition coefficient (Wildman–Crippen LogP) is -0.203. The Morgan fingerprint density at radius 2 is 2.28 bits per heavy atom. The van der Waals surface area contributed by atoms with Crippen LogP contribution in [0, 0.1) is 0 Å². The Hall–Kier alpha value is -2.71. The van der Waals surface area contributed by atoms with Crippen LogP contribution in [0.4, 0.5) is 5.69 Å². The van der Waals surface area contributed by atoms with Gasteiger partial charge >= 0.3 is 5.97 Å². The molecule has 0 radical (unpaired) electrons. The number of nitrogens with zero attached hydrogens (tertiary/aromatic N) is 3. The van der Waals surface area contributed by atoms with Gasteiger partial charge < -0.3 is 15.4 Å². The Kier molecular flexibility index (Phi) is 3.32. The number of amides is 1. The van der Waals surface area contributed by atoms with Crippen LogP contribution >= 0.6 is 0 Å². The van der Waals surface area contributed by atoms with Crippen LogP contribution in [0.15, 0.2) is 12.5 Å². The Labute approximate surface area is 101 Å². The van der Waals surface area contributed by atoms with Crippen molar-refractivity contribution < 1.29 is 14.7 Å². The quantitative estimate of drug-likeness (QED) is 0.579. The number of rotatable bonds is 5. The first-order valence-corrected chi connectivity index (χ1v) is 5.08. The van der Waals surface area contributed by atoms with Crippen LogP contribution < -0.4 is 5.32 Å². The van der Waals surface area contributed by atoms with E-state index in [0.29, 0.717) is 12.2 Å². The summed E-state index contributed by atoms with van der Waals surface area (Å²) in [6.45, 7) is 0. The topological polar surface area (TPSA) is 137 Å². The van der Waals surface area contributed by atoms with Crippen LogP contribution in [0.25, 0.3) is 0 Å². The summed E-state index contributed by atoms with van der Waals surface area (Å²) in [5.41, 5.74) is -0.0758. The van der Waals surface area contributed by atoms with Gasteiger partial charge in [0.2, 0.25) is 5.91 Å². The molecule has 2 aromatic heterocycles. The number of hydrogen-bond acceptors (Lipinski definition) is 5. The molecule has 9 heteroatoms. The molecule has 0 saturated carbocycles. The fourth-order valence-corrected chi connectivity index (χ4v) is 1.35. The highest BCUT2D eigenvalue weighted by Gasteiger charge is 2.15. The molecule has 2 heterocycles. The molecule has 2 rings (SSSR count). The Morgan fingerprint density at radius 1 is 1.44 bits per heavy atom. The summed E-state index contributed by atoms with van der Waals surface area (Å²) in [6, 6.07) is 0. The van der Waals surface area contributed by atoms with Crippen LogP contribution in [0.3, 0.4) is 0 Å². The van der Waals surface area contributed by atoms with Crippen molar-refractivity contribution in [2.45, 2.75) is 12.8 Å². The number of aromatic amines is 2. The third-order valence-electron chi connectivity index (χ3n) is 2.17. The molecule has 0 spiro atoms. The second kappa shape index (κ2) is 5.08. The van der Waals surface area contributed by atoms with E-state index in [2.05, 4.69) is 30.7 Å². The number of nitrogens with one attached hydrogen (secondary N) is 3. The molecule has 0 aromatic carbocycles. The minimum Gasteiger partial charge on any atom is -0.476 e. The van der Waals surface area contributed by atoms with E-state index in [1.807, 2.05) is 0 Å². The van der Waals surface area contributed by atoms with E-state index >= 15 is 0 Å². The van der Waals surface area contributed by atoms with Gasteiger partial charge in [-0.25, -0.2) is 4.79 Å². The van der Waals surface area contributed by atoms with Crippen molar-refractivity contribution in [3.8, 4) is 0 Å². The minimum absolute atomic E-state index is 0.144. The van der Waals surface area contributed by atoms with Crippen LogP contribution in [0.1, 0.15) is 22.7 Å². The van der Waals surface area contributed by atoms with E-state index in [0.717, 1.165) is 0 Å². The highest BCUT2D eigenvalue weighted by atomic mass is 16.4. The second-order valence-electron chi connectivity index (χ2n) is 3.44. The van der Waals surface area contributed by atoms with Crippen molar-refractivity contribution in [3.05, 3.63) is 24.0 Å². The molecule has 0 unspecified atom stereocenters. The number of hydrogen-bond donors (Lipinski definition) is 4. The molecule has 9 nitrogen and oxygen atoms in total. The SMILES string of the molecule is O=C(CCc1nnc[nH]1)Nc1c[nH]nc1C(=O)O. The van der Waals surface area contributed by atoms with Gasteiger partial charge in [-0.3, -0.25) is 9.89 Å². The molecule has 0 aliphatic heterocycles. The third kappa shape index (κ3) is 2.70. The summed E-state index contributed by atoms with van der Waals surface area (Å²) < 4.78 is 0. The second-order valence-corrected chi connectivity index (χ2v) is 3.44. The molecule has 1 amide bonds. The first-order chi connectivity index (χ1) is 8.66. The molecule has 0 atom stereocenters. The number of carboxylic acid groups (broad SMARTS) is 1. The molecule has 18 heavy (non-hydrogen) atoms. The smallest absolute Gasteiger partial charge is 0.358 e. The number of aromatic nitrogens is 5. The molecule has 0 aliphatic carbocycles. The Morgan fingerprint density at radius 3 is 2.94 bits per heavy atom. The summed E-state index contributed by atoms with van der Waals surface area (Å²) in [7, 11) is 0. The monoisotopic (exact) mass is 250 g/mol. The molecule has 4 N–H and O–H groups in total. The summed E-state index contributed by atoms with van der Waals surface area (Å²) in [4.78, 5) is 25.1. The zero-order chi connectivity index (χ0) is 13.0. The van der Waals surface area contributed by atoms with Crippen molar-refractivity contribution in [2.75, 3.05) is 5.32 Å². The standard InChI is InChI=1S/C9H10N6O3/c16-7(2-1-6-10-4-12-14-6)13-5-3-11-15-8(5)9(17)18/h3-4H,1-2H2,(H,11,15)(H,13,16)(H,17,18)(H,10,12,14). The molecule has 94 valence electrons. The fourth-order valence-electron chi connectivity index (χ4n) is 1.35. The minimum atomic E-state index is -1.21. The summed E-state index contributed by atoms with van der Waals surface area (Å²) in [6.07, 6.45) is 3.30. The van der Waals surface area contributed by atoms with Crippen LogP contribution in [-0.4, -0.2) is 42.4 Å². The van der Waals surface area contributed by atoms with Crippen molar-refractivity contribution in [1.82, 2.24) is 25.4 Å². The molecule has 0 bridgehead atoms. The number of carbonyl (C=O) groups excluding carboxylic acids is 1. The van der Waals surface area contributed by atoms with Crippen LogP contribution in [0.2, 0.25) is 0 Å². The molecule has 0 aliphatic rings. The lowest BCUT2D eigenvalue weighted by atomic mass is 10.2. The lowest BCUT2D eigenvalue weighted by molar-refractivity contribution is -0.116. The van der Waals surface area contributed by atoms with E-state index in [1.165, 1.54) is 12.5 Å². The lowest BCUT2D eigenvalue weighted by Gasteiger charge is -2.02. The predicted molar refractivity (Wildman–Crippen MR) is 58.9 cm³/mol. The number of carbonyl (C=O) groups is 2. The molecular weight excluding hydrogens is 240 g/mol. The van der Waals surface area contributed by atoms with Crippen LogP contribution in [-0.2, 0) is 11.2 Å². The normalized spacial score (nSPS) is 10.2. The van der Waals surface area contributed by atoms with Gasteiger partial charge in [-0.2, -0.15) is 5.10 Å². The number of anilines is 1. The van der Waals surface area contributed by atoms with Gasteiger partial charge in [0.25, 0.3) is 0 Å². The van der Waals surface area contributed by atoms with Gasteiger partial charge in [-0.15, -0.1) is 10.2 Å². The maximum absolute atomic E-state index is 11.6. The van der Waals surface area contributed by atoms with Gasteiger partial charge in [-0.1, -0.05) is 0 Å². The molecular formula is C9H10N6O3. The van der Waals surface area contributed by atoms with Crippen molar-refractivity contribution >= 4 is 17.6 Å². The van der Waals surface area contributed by atoms with E-state index in [1.54, 1.807) is 0 Å². The summed E-state index contributed by atoms with van der Waals surface area (Å²) >= 11 is 0. The van der Waals surface area contributed by atoms with Gasteiger partial charge in [0.15, 0.2) is 5.69 Å². The van der Waals surface area contributed by atoms with Gasteiger partial charge in [-0.05, 0) is 0 Å². The first kappa shape index (κ1) is 11.8. The summed E-state index contributed by atoms with van der Waals surface area (Å²) in [5.74, 6) is -0.937. The van der Waals surface area contributed by atoms with Gasteiger partial charge in [0.1, 0.15) is 12.2 Å². The van der Waals surface area contributed by atoms with Gasteiger partial charge in [0, 0.05) is 19.0 Å². The van der Waals surface area contributed by atoms with E-state index in [-0.39, 0.29) is 23.7 Å². The van der Waals surface area contributed by atoms with E-state index in [9.17, 15) is 9.59 Å². The molecule has 2 aromatic rings. The first-order valence-electron chi connectivity index (χ1n) is 5.08. The summed E-state index contributed by atoms with van der Waals surface area (Å²) in [5, 5.41) is 24.5. The Balaban J connectivity index is 1.91. The highest BCUT2D eigenvalue weighted by molar-refractivity contribution is 5.98. The Bertz CT molecular complexity index is 546. The number of H-pyrrole nitrogens is 2. The average molecular weight is 250 g/mol. The zero-order valence-electron chi connectivity index (χ0n) is 9.17. The molecule has 0 fully saturated rings. The van der Waals surface area contributed by atoms with Crippen molar-refractivity contribution in [2.24, 2.45) is 0 Å². The van der Waals surface area contributed by atoms with E-state index in [4.69, 9.17) is 5.11 Å². The van der Waals surface area contributed by atoms with Crippen molar-refractivity contribution in [3.63, 3.8) is 0 Å². The molecule has 0 saturated heterocycles.